The zero-order valence-electron chi connectivity index (χ0n) is 21.5. The molecule has 0 radical (unpaired) electrons. The van der Waals surface area contributed by atoms with Gasteiger partial charge in [0, 0.05) is 5.70 Å². The van der Waals surface area contributed by atoms with Crippen LogP contribution in [-0.2, 0) is 9.53 Å². The largest absolute Gasteiger partial charge is 0.496 e. The van der Waals surface area contributed by atoms with E-state index in [4.69, 9.17) is 18.9 Å². The summed E-state index contributed by atoms with van der Waals surface area (Å²) in [6, 6.07) is 9.46. The second kappa shape index (κ2) is 12.6. The van der Waals surface area contributed by atoms with Crippen molar-refractivity contribution in [3.8, 4) is 17.2 Å². The first kappa shape index (κ1) is 27.3. The maximum Gasteiger partial charge on any atom is 0.337 e. The van der Waals surface area contributed by atoms with E-state index in [1.54, 1.807) is 38.4 Å². The van der Waals surface area contributed by atoms with E-state index in [0.717, 1.165) is 16.9 Å². The molecule has 198 valence electrons. The zero-order chi connectivity index (χ0) is 26.9. The minimum Gasteiger partial charge on any atom is -0.496 e. The molecule has 2 aromatic rings. The van der Waals surface area contributed by atoms with Crippen molar-refractivity contribution in [1.82, 2.24) is 16.1 Å². The second-order valence-electron chi connectivity index (χ2n) is 8.14. The minimum absolute atomic E-state index is 0.116. The second-order valence-corrected chi connectivity index (χ2v) is 8.14. The van der Waals surface area contributed by atoms with Crippen molar-refractivity contribution in [3.63, 3.8) is 0 Å². The number of benzene rings is 2. The number of urea groups is 1. The highest BCUT2D eigenvalue weighted by atomic mass is 16.5. The van der Waals surface area contributed by atoms with Crippen LogP contribution in [0, 0.1) is 6.92 Å². The van der Waals surface area contributed by atoms with Gasteiger partial charge in [0.15, 0.2) is 17.7 Å². The van der Waals surface area contributed by atoms with Crippen molar-refractivity contribution in [1.29, 1.82) is 0 Å². The van der Waals surface area contributed by atoms with Gasteiger partial charge in [-0.05, 0) is 67.8 Å². The molecule has 1 aliphatic rings. The molecular weight excluding hydrogens is 480 g/mol. The highest BCUT2D eigenvalue weighted by molar-refractivity contribution is 5.95. The Balaban J connectivity index is 1.69. The minimum atomic E-state index is -1.09. The van der Waals surface area contributed by atoms with Crippen molar-refractivity contribution in [2.45, 2.75) is 33.0 Å². The lowest BCUT2D eigenvalue weighted by atomic mass is 9.95. The van der Waals surface area contributed by atoms with Gasteiger partial charge >= 0.3 is 12.0 Å². The standard InChI is InChI=1S/C26H32N4O7/c1-6-36-21-12-18(24-23(25(32)35-5)16(3)28-26(33)29-24)8-10-20(21)37-14-22(31)30-27-13-17-7-9-19(34-4)15(2)11-17/h7-13,22,24,30-31H,6,14H2,1-5H3,(H2,28,29,33)/b27-13-/t22-,24-/m1/s1. The zero-order valence-corrected chi connectivity index (χ0v) is 21.5. The number of hydrogen-bond donors (Lipinski definition) is 4. The predicted molar refractivity (Wildman–Crippen MR) is 137 cm³/mol. The molecule has 0 spiro atoms. The Morgan fingerprint density at radius 1 is 1.14 bits per heavy atom. The molecule has 1 aliphatic heterocycles. The van der Waals surface area contributed by atoms with E-state index in [9.17, 15) is 14.7 Å². The predicted octanol–water partition coefficient (Wildman–Crippen LogP) is 2.52. The molecule has 11 heteroatoms. The van der Waals surface area contributed by atoms with E-state index in [0.29, 0.717) is 29.4 Å². The topological polar surface area (TPSA) is 140 Å². The Labute approximate surface area is 215 Å². The molecule has 11 nitrogen and oxygen atoms in total. The van der Waals surface area contributed by atoms with Crippen molar-refractivity contribution >= 4 is 18.2 Å². The molecule has 4 N–H and O–H groups in total. The fraction of sp³-hybridized carbons (Fsp3) is 0.346. The average Bonchev–Trinajstić information content (AvgIpc) is 2.87. The molecule has 2 atom stereocenters. The fourth-order valence-electron chi connectivity index (χ4n) is 3.80. The first-order chi connectivity index (χ1) is 17.8. The Morgan fingerprint density at radius 2 is 1.89 bits per heavy atom. The maximum atomic E-state index is 12.4. The van der Waals surface area contributed by atoms with E-state index >= 15 is 0 Å². The molecule has 1 heterocycles. The number of amides is 2. The van der Waals surface area contributed by atoms with Gasteiger partial charge in [-0.15, -0.1) is 0 Å². The van der Waals surface area contributed by atoms with Gasteiger partial charge in [0.25, 0.3) is 0 Å². The van der Waals surface area contributed by atoms with E-state index in [2.05, 4.69) is 21.2 Å². The summed E-state index contributed by atoms with van der Waals surface area (Å²) < 4.78 is 21.6. The van der Waals surface area contributed by atoms with Gasteiger partial charge in [0.1, 0.15) is 12.4 Å². The fourth-order valence-corrected chi connectivity index (χ4v) is 3.80. The number of nitrogens with one attached hydrogen (secondary N) is 3. The molecule has 37 heavy (non-hydrogen) atoms. The molecule has 0 bridgehead atoms. The lowest BCUT2D eigenvalue weighted by Crippen LogP contribution is -2.45. The number of methoxy groups -OCH3 is 2. The van der Waals surface area contributed by atoms with Gasteiger partial charge in [-0.1, -0.05) is 6.07 Å². The molecule has 0 saturated heterocycles. The smallest absolute Gasteiger partial charge is 0.337 e. The summed E-state index contributed by atoms with van der Waals surface area (Å²) in [5, 5.41) is 19.6. The van der Waals surface area contributed by atoms with Crippen LogP contribution < -0.4 is 30.3 Å². The van der Waals surface area contributed by atoms with Crippen molar-refractivity contribution < 1.29 is 33.6 Å². The van der Waals surface area contributed by atoms with E-state index < -0.39 is 24.3 Å². The number of nitrogens with zero attached hydrogens (tertiary/aromatic N) is 1. The van der Waals surface area contributed by atoms with Crippen molar-refractivity contribution in [3.05, 3.63) is 64.4 Å². The molecular formula is C26H32N4O7. The number of rotatable bonds is 11. The number of carbonyl (C=O) groups excluding carboxylic acids is 2. The number of allylic oxidation sites excluding steroid dienone is 1. The summed E-state index contributed by atoms with van der Waals surface area (Å²) in [5.41, 5.74) is 5.71. The van der Waals surface area contributed by atoms with Crippen LogP contribution in [0.5, 0.6) is 17.2 Å². The third-order valence-electron chi connectivity index (χ3n) is 5.53. The van der Waals surface area contributed by atoms with Crippen LogP contribution >= 0.6 is 0 Å². The molecule has 0 fully saturated rings. The lowest BCUT2D eigenvalue weighted by molar-refractivity contribution is -0.136. The Kier molecular flexibility index (Phi) is 9.33. The van der Waals surface area contributed by atoms with Crippen LogP contribution in [0.15, 0.2) is 52.8 Å². The SMILES string of the molecule is CCOc1cc([C@H]2NC(=O)NC(C)=C2C(=O)OC)ccc1OC[C@@H](O)N/N=C\c1ccc(OC)c(C)c1. The Bertz CT molecular complexity index is 1200. The number of aryl methyl sites for hydroxylation is 1. The summed E-state index contributed by atoms with van der Waals surface area (Å²) in [5.74, 6) is 0.985. The average molecular weight is 513 g/mol. The number of esters is 1. The summed E-state index contributed by atoms with van der Waals surface area (Å²) in [6.07, 6.45) is 0.489. The van der Waals surface area contributed by atoms with Gasteiger partial charge in [0.05, 0.1) is 38.7 Å². The van der Waals surface area contributed by atoms with Crippen molar-refractivity contribution in [2.75, 3.05) is 27.4 Å². The lowest BCUT2D eigenvalue weighted by Gasteiger charge is -2.28. The highest BCUT2D eigenvalue weighted by Crippen LogP contribution is 2.34. The molecule has 3 rings (SSSR count). The number of aliphatic hydroxyl groups excluding tert-OH is 1. The summed E-state index contributed by atoms with van der Waals surface area (Å²) in [7, 11) is 2.89. The molecule has 2 aromatic carbocycles. The molecule has 2 amide bonds. The van der Waals surface area contributed by atoms with Crippen molar-refractivity contribution in [2.24, 2.45) is 5.10 Å². The summed E-state index contributed by atoms with van der Waals surface area (Å²) in [4.78, 5) is 24.4. The number of hydrogen-bond acceptors (Lipinski definition) is 9. The number of hydrazone groups is 1. The van der Waals surface area contributed by atoms with E-state index in [1.807, 2.05) is 32.0 Å². The third-order valence-corrected chi connectivity index (χ3v) is 5.53. The van der Waals surface area contributed by atoms with Crippen LogP contribution in [0.25, 0.3) is 0 Å². The summed E-state index contributed by atoms with van der Waals surface area (Å²) in [6.45, 7) is 5.61. The van der Waals surface area contributed by atoms with Gasteiger partial charge in [0.2, 0.25) is 0 Å². The number of aliphatic hydroxyl groups is 1. The van der Waals surface area contributed by atoms with Gasteiger partial charge < -0.3 is 34.7 Å². The molecule has 0 aliphatic carbocycles. The first-order valence-electron chi connectivity index (χ1n) is 11.6. The molecule has 0 unspecified atom stereocenters. The van der Waals surface area contributed by atoms with Crippen LogP contribution in [0.1, 0.15) is 36.6 Å². The van der Waals surface area contributed by atoms with Crippen LogP contribution in [0.3, 0.4) is 0 Å². The third kappa shape index (κ3) is 6.91. The van der Waals surface area contributed by atoms with Crippen LogP contribution in [0.4, 0.5) is 4.79 Å². The number of ether oxygens (including phenoxy) is 4. The van der Waals surface area contributed by atoms with E-state index in [1.165, 1.54) is 7.11 Å². The first-order valence-corrected chi connectivity index (χ1v) is 11.6. The number of carbonyl (C=O) groups is 2. The Morgan fingerprint density at radius 3 is 2.57 bits per heavy atom. The van der Waals surface area contributed by atoms with Crippen LogP contribution in [0.2, 0.25) is 0 Å². The van der Waals surface area contributed by atoms with E-state index in [-0.39, 0.29) is 12.2 Å². The Hall–Kier alpha value is -4.25. The van der Waals surface area contributed by atoms with Gasteiger partial charge in [-0.2, -0.15) is 5.10 Å². The maximum absolute atomic E-state index is 12.4. The molecule has 0 saturated carbocycles. The monoisotopic (exact) mass is 512 g/mol. The normalized spacial score (nSPS) is 16.1. The molecule has 0 aromatic heterocycles. The summed E-state index contributed by atoms with van der Waals surface area (Å²) >= 11 is 0. The van der Waals surface area contributed by atoms with Gasteiger partial charge in [-0.25, -0.2) is 9.59 Å². The van der Waals surface area contributed by atoms with Gasteiger partial charge in [-0.3, -0.25) is 5.43 Å². The van der Waals surface area contributed by atoms with Crippen LogP contribution in [-0.4, -0.2) is 57.0 Å². The highest BCUT2D eigenvalue weighted by Gasteiger charge is 2.32. The quantitative estimate of drug-likeness (QED) is 0.156.